The molecule has 2 amide bonds. The summed E-state index contributed by atoms with van der Waals surface area (Å²) in [6.45, 7) is 2.17. The first-order chi connectivity index (χ1) is 20.7. The van der Waals surface area contributed by atoms with E-state index >= 15 is 0 Å². The molecule has 6 rings (SSSR count). The number of piperidine rings is 1. The van der Waals surface area contributed by atoms with Gasteiger partial charge >= 0.3 is 6.18 Å². The van der Waals surface area contributed by atoms with Crippen molar-refractivity contribution in [3.63, 3.8) is 0 Å². The summed E-state index contributed by atoms with van der Waals surface area (Å²) in [5.41, 5.74) is -2.31. The molecule has 3 aromatic rings. The molecule has 44 heavy (non-hydrogen) atoms. The van der Waals surface area contributed by atoms with Crippen LogP contribution >= 0.6 is 0 Å². The third-order valence-electron chi connectivity index (χ3n) is 8.93. The van der Waals surface area contributed by atoms with Crippen LogP contribution in [0.25, 0.3) is 0 Å². The lowest BCUT2D eigenvalue weighted by Gasteiger charge is -2.45. The van der Waals surface area contributed by atoms with Crippen molar-refractivity contribution in [3.8, 4) is 0 Å². The summed E-state index contributed by atoms with van der Waals surface area (Å²) < 4.78 is 98.5. The Bertz CT molecular complexity index is 1750. The highest BCUT2D eigenvalue weighted by atomic mass is 32.2. The average molecular weight is 634 g/mol. The van der Waals surface area contributed by atoms with E-state index in [1.807, 2.05) is 0 Å². The number of sulfonamides is 1. The second kappa shape index (κ2) is 10.6. The number of carbonyl (C=O) groups is 2. The number of anilines is 2. The number of nitrogens with zero attached hydrogens (tertiary/aromatic N) is 2. The van der Waals surface area contributed by atoms with Crippen molar-refractivity contribution in [1.29, 1.82) is 0 Å². The Morgan fingerprint density at radius 3 is 2.20 bits per heavy atom. The third-order valence-corrected chi connectivity index (χ3v) is 10.7. The fraction of sp³-hybridized carbons (Fsp3) is 0.355. The van der Waals surface area contributed by atoms with Crippen LogP contribution in [0.1, 0.15) is 54.1 Å². The molecule has 7 nitrogen and oxygen atoms in total. The minimum Gasteiger partial charge on any atom is -0.343 e. The van der Waals surface area contributed by atoms with Gasteiger partial charge in [0.1, 0.15) is 17.2 Å². The summed E-state index contributed by atoms with van der Waals surface area (Å²) in [7, 11) is -4.20. The van der Waals surface area contributed by atoms with Crippen molar-refractivity contribution in [2.24, 2.45) is 5.92 Å². The van der Waals surface area contributed by atoms with Crippen molar-refractivity contribution >= 4 is 33.2 Å². The Kier molecular flexibility index (Phi) is 7.22. The summed E-state index contributed by atoms with van der Waals surface area (Å²) in [6, 6.07) is 11.0. The molecular formula is C31H28F5N3O4S. The molecule has 1 saturated carbocycles. The molecular weight excluding hydrogens is 605 g/mol. The van der Waals surface area contributed by atoms with Crippen LogP contribution in [0.5, 0.6) is 0 Å². The van der Waals surface area contributed by atoms with Crippen molar-refractivity contribution in [1.82, 2.24) is 4.90 Å². The molecule has 1 aliphatic carbocycles. The molecule has 232 valence electrons. The molecule has 0 aromatic heterocycles. The van der Waals surface area contributed by atoms with Gasteiger partial charge in [-0.3, -0.25) is 13.9 Å². The first kappa shape index (κ1) is 30.0. The zero-order valence-electron chi connectivity index (χ0n) is 23.5. The number of nitrogens with one attached hydrogen (secondary N) is 1. The second-order valence-electron chi connectivity index (χ2n) is 11.5. The van der Waals surface area contributed by atoms with Gasteiger partial charge in [0.15, 0.2) is 0 Å². The van der Waals surface area contributed by atoms with E-state index in [0.29, 0.717) is 43.2 Å². The smallest absolute Gasteiger partial charge is 0.343 e. The topological polar surface area (TPSA) is 86.8 Å². The highest BCUT2D eigenvalue weighted by molar-refractivity contribution is 7.92. The molecule has 0 bridgehead atoms. The normalized spacial score (nSPS) is 19.6. The molecule has 1 unspecified atom stereocenters. The van der Waals surface area contributed by atoms with Crippen LogP contribution in [-0.4, -0.2) is 44.3 Å². The molecule has 1 atom stereocenters. The van der Waals surface area contributed by atoms with Crippen molar-refractivity contribution in [3.05, 3.63) is 89.0 Å². The molecule has 3 aromatic carbocycles. The molecule has 2 aliphatic heterocycles. The van der Waals surface area contributed by atoms with E-state index in [9.17, 15) is 40.0 Å². The second-order valence-corrected chi connectivity index (χ2v) is 13.4. The van der Waals surface area contributed by atoms with Crippen LogP contribution in [0.2, 0.25) is 0 Å². The molecule has 2 heterocycles. The maximum Gasteiger partial charge on any atom is 0.420 e. The summed E-state index contributed by atoms with van der Waals surface area (Å²) >= 11 is 0. The van der Waals surface area contributed by atoms with Crippen molar-refractivity contribution in [2.75, 3.05) is 22.7 Å². The zero-order chi connectivity index (χ0) is 31.6. The largest absolute Gasteiger partial charge is 0.420 e. The van der Waals surface area contributed by atoms with E-state index in [-0.39, 0.29) is 22.4 Å². The standard InChI is InChI=1S/C31H28F5N3O4S/c1-18(40)38-15-13-30(14-16-38)24-17-21(37-29(41)23-3-2-4-25(33)27(23)31(34,35)36)9-12-26(24)39(28(30)19-5-6-19)44(42,43)22-10-7-20(32)8-11-22/h2-4,7-12,17,19,28H,5-6,13-16H2,1H3,(H,37,41). The minimum atomic E-state index is -5.11. The van der Waals surface area contributed by atoms with Crippen molar-refractivity contribution in [2.45, 2.75) is 55.1 Å². The van der Waals surface area contributed by atoms with Gasteiger partial charge in [-0.25, -0.2) is 17.2 Å². The lowest BCUT2D eigenvalue weighted by molar-refractivity contribution is -0.140. The monoisotopic (exact) mass is 633 g/mol. The molecule has 1 saturated heterocycles. The van der Waals surface area contributed by atoms with Crippen LogP contribution in [-0.2, 0) is 26.4 Å². The Balaban J connectivity index is 1.45. The van der Waals surface area contributed by atoms with Gasteiger partial charge in [-0.15, -0.1) is 0 Å². The first-order valence-corrected chi connectivity index (χ1v) is 15.6. The lowest BCUT2D eigenvalue weighted by atomic mass is 9.68. The highest BCUT2D eigenvalue weighted by Gasteiger charge is 2.60. The van der Waals surface area contributed by atoms with E-state index in [1.165, 1.54) is 35.5 Å². The van der Waals surface area contributed by atoms with Gasteiger partial charge in [-0.2, -0.15) is 13.2 Å². The quantitative estimate of drug-likeness (QED) is 0.344. The molecule has 3 aliphatic rings. The molecule has 0 radical (unpaired) electrons. The SMILES string of the molecule is CC(=O)N1CCC2(CC1)c1cc(NC(=O)c3cccc(F)c3C(F)(F)F)ccc1N(S(=O)(=O)c1ccc(F)cc1)C2C1CC1. The third kappa shape index (κ3) is 5.00. The molecule has 2 fully saturated rings. The van der Waals surface area contributed by atoms with Crippen LogP contribution in [0.15, 0.2) is 65.6 Å². The lowest BCUT2D eigenvalue weighted by Crippen LogP contribution is -2.54. The highest BCUT2D eigenvalue weighted by Crippen LogP contribution is 2.59. The van der Waals surface area contributed by atoms with Crippen molar-refractivity contribution < 1.29 is 40.0 Å². The number of benzene rings is 3. The van der Waals surface area contributed by atoms with Gasteiger partial charge in [-0.05, 0) is 91.8 Å². The summed E-state index contributed by atoms with van der Waals surface area (Å²) in [6.07, 6.45) is -2.74. The van der Waals surface area contributed by atoms with Gasteiger partial charge in [0, 0.05) is 31.1 Å². The Morgan fingerprint density at radius 2 is 1.61 bits per heavy atom. The number of fused-ring (bicyclic) bond motifs is 2. The Hall–Kier alpha value is -4.00. The summed E-state index contributed by atoms with van der Waals surface area (Å²) in [4.78, 5) is 26.8. The number of amides is 2. The van der Waals surface area contributed by atoms with Crippen LogP contribution in [0.4, 0.5) is 33.3 Å². The number of hydrogen-bond acceptors (Lipinski definition) is 4. The van der Waals surface area contributed by atoms with Crippen LogP contribution in [0, 0.1) is 17.6 Å². The maximum atomic E-state index is 14.2. The van der Waals surface area contributed by atoms with E-state index in [2.05, 4.69) is 5.32 Å². The summed E-state index contributed by atoms with van der Waals surface area (Å²) in [5, 5.41) is 2.45. The van der Waals surface area contributed by atoms with Gasteiger partial charge in [0.2, 0.25) is 5.91 Å². The van der Waals surface area contributed by atoms with Gasteiger partial charge < -0.3 is 10.2 Å². The zero-order valence-corrected chi connectivity index (χ0v) is 24.3. The summed E-state index contributed by atoms with van der Waals surface area (Å²) in [5.74, 6) is -3.46. The number of carbonyl (C=O) groups excluding carboxylic acids is 2. The molecule has 1 N–H and O–H groups in total. The van der Waals surface area contributed by atoms with E-state index < -0.39 is 56.3 Å². The predicted octanol–water partition coefficient (Wildman–Crippen LogP) is 6.10. The number of alkyl halides is 3. The minimum absolute atomic E-state index is 0.00109. The molecule has 1 spiro atoms. The van der Waals surface area contributed by atoms with Gasteiger partial charge in [-0.1, -0.05) is 6.07 Å². The van der Waals surface area contributed by atoms with Crippen LogP contribution < -0.4 is 9.62 Å². The fourth-order valence-electron chi connectivity index (χ4n) is 6.78. The molecule has 13 heteroatoms. The average Bonchev–Trinajstić information content (AvgIpc) is 3.76. The van der Waals surface area contributed by atoms with Gasteiger partial charge in [0.05, 0.1) is 22.2 Å². The van der Waals surface area contributed by atoms with E-state index in [0.717, 1.165) is 37.1 Å². The fourth-order valence-corrected chi connectivity index (χ4v) is 8.58. The number of halogens is 5. The first-order valence-electron chi connectivity index (χ1n) is 14.1. The van der Waals surface area contributed by atoms with E-state index in [4.69, 9.17) is 0 Å². The number of likely N-dealkylation sites (tertiary alicyclic amines) is 1. The number of hydrogen-bond donors (Lipinski definition) is 1. The Labute approximate surface area is 250 Å². The predicted molar refractivity (Wildman–Crippen MR) is 152 cm³/mol. The number of rotatable bonds is 5. The van der Waals surface area contributed by atoms with Crippen LogP contribution in [0.3, 0.4) is 0 Å². The van der Waals surface area contributed by atoms with Gasteiger partial charge in [0.25, 0.3) is 15.9 Å². The van der Waals surface area contributed by atoms with E-state index in [1.54, 1.807) is 11.0 Å². The Morgan fingerprint density at radius 1 is 0.955 bits per heavy atom. The maximum absolute atomic E-state index is 14.2.